The summed E-state index contributed by atoms with van der Waals surface area (Å²) < 4.78 is 6.54. The lowest BCUT2D eigenvalue weighted by Crippen LogP contribution is -2.27. The fraction of sp³-hybridized carbons (Fsp3) is 0.0476. The Balaban J connectivity index is 1.55. The largest absolute Gasteiger partial charge is 0.457 e. The molecule has 9 heteroatoms. The molecule has 0 saturated carbocycles. The molecule has 30 heavy (non-hydrogen) atoms. The summed E-state index contributed by atoms with van der Waals surface area (Å²) in [7, 11) is 0. The Labute approximate surface area is 183 Å². The van der Waals surface area contributed by atoms with Gasteiger partial charge in [-0.3, -0.25) is 24.6 Å². The number of rotatable bonds is 5. The fourth-order valence-electron chi connectivity index (χ4n) is 2.92. The lowest BCUT2D eigenvalue weighted by atomic mass is 10.1. The highest BCUT2D eigenvalue weighted by molar-refractivity contribution is 9.10. The molecule has 1 saturated heterocycles. The Morgan fingerprint density at radius 2 is 1.90 bits per heavy atom. The first kappa shape index (κ1) is 20.1. The van der Waals surface area contributed by atoms with Crippen LogP contribution >= 0.6 is 27.7 Å². The van der Waals surface area contributed by atoms with Gasteiger partial charge in [0, 0.05) is 28.2 Å². The number of imide groups is 1. The van der Waals surface area contributed by atoms with Gasteiger partial charge in [0.2, 0.25) is 0 Å². The second-order valence-corrected chi connectivity index (χ2v) is 8.22. The number of nitro groups is 1. The zero-order chi connectivity index (χ0) is 21.3. The van der Waals surface area contributed by atoms with Crippen molar-refractivity contribution in [2.75, 3.05) is 0 Å². The van der Waals surface area contributed by atoms with Crippen LogP contribution in [0, 0.1) is 10.1 Å². The van der Waals surface area contributed by atoms with Crippen LogP contribution in [0.4, 0.5) is 10.5 Å². The van der Waals surface area contributed by atoms with Crippen LogP contribution in [0.2, 0.25) is 0 Å². The number of halogens is 1. The van der Waals surface area contributed by atoms with E-state index in [2.05, 4.69) is 15.9 Å². The zero-order valence-electron chi connectivity index (χ0n) is 15.3. The lowest BCUT2D eigenvalue weighted by Gasteiger charge is -2.13. The molecule has 1 fully saturated rings. The number of carbonyl (C=O) groups excluding carboxylic acids is 2. The predicted molar refractivity (Wildman–Crippen MR) is 116 cm³/mol. The summed E-state index contributed by atoms with van der Waals surface area (Å²) >= 11 is 4.27. The third kappa shape index (κ3) is 4.07. The van der Waals surface area contributed by atoms with E-state index >= 15 is 0 Å². The van der Waals surface area contributed by atoms with Crippen molar-refractivity contribution in [3.63, 3.8) is 0 Å². The Bertz CT molecular complexity index is 1200. The molecule has 2 heterocycles. The van der Waals surface area contributed by atoms with E-state index in [0.717, 1.165) is 21.8 Å². The van der Waals surface area contributed by atoms with Gasteiger partial charge in [-0.1, -0.05) is 46.3 Å². The van der Waals surface area contributed by atoms with E-state index in [0.29, 0.717) is 17.1 Å². The smallest absolute Gasteiger partial charge is 0.293 e. The van der Waals surface area contributed by atoms with E-state index in [1.165, 1.54) is 23.1 Å². The molecular formula is C21H13BrN2O5S. The summed E-state index contributed by atoms with van der Waals surface area (Å²) in [6.45, 7) is 0.167. The standard InChI is InChI=1S/C21H13BrN2O5S/c22-17-7-2-1-4-14(17)12-23-20(25)19(30-21(23)26)11-16-8-9-18(29-16)13-5-3-6-15(10-13)24(27)28/h1-11H,12H2/b19-11+. The van der Waals surface area contributed by atoms with Crippen molar-refractivity contribution in [1.82, 2.24) is 4.90 Å². The second-order valence-electron chi connectivity index (χ2n) is 6.37. The molecule has 0 spiro atoms. The van der Waals surface area contributed by atoms with Crippen molar-refractivity contribution in [3.8, 4) is 11.3 Å². The maximum absolute atomic E-state index is 12.7. The molecule has 0 bridgehead atoms. The highest BCUT2D eigenvalue weighted by atomic mass is 79.9. The van der Waals surface area contributed by atoms with Gasteiger partial charge in [0.25, 0.3) is 16.8 Å². The maximum Gasteiger partial charge on any atom is 0.293 e. The summed E-state index contributed by atoms with van der Waals surface area (Å²) in [5.41, 5.74) is 1.33. The van der Waals surface area contributed by atoms with E-state index in [1.807, 2.05) is 24.3 Å². The van der Waals surface area contributed by atoms with Crippen LogP contribution in [0.25, 0.3) is 17.4 Å². The van der Waals surface area contributed by atoms with E-state index < -0.39 is 10.8 Å². The van der Waals surface area contributed by atoms with E-state index in [9.17, 15) is 19.7 Å². The highest BCUT2D eigenvalue weighted by Crippen LogP contribution is 2.35. The van der Waals surface area contributed by atoms with E-state index in [-0.39, 0.29) is 22.4 Å². The molecular weight excluding hydrogens is 472 g/mol. The molecule has 4 rings (SSSR count). The van der Waals surface area contributed by atoms with Crippen LogP contribution in [0.5, 0.6) is 0 Å². The molecule has 0 unspecified atom stereocenters. The van der Waals surface area contributed by atoms with Crippen LogP contribution in [0.15, 0.2) is 74.5 Å². The number of non-ortho nitro benzene ring substituents is 1. The number of amides is 2. The minimum atomic E-state index is -0.478. The van der Waals surface area contributed by atoms with Gasteiger partial charge in [-0.25, -0.2) is 0 Å². The summed E-state index contributed by atoms with van der Waals surface area (Å²) in [5.74, 6) is 0.411. The van der Waals surface area contributed by atoms with Gasteiger partial charge in [-0.2, -0.15) is 0 Å². The van der Waals surface area contributed by atoms with Crippen LogP contribution in [-0.4, -0.2) is 21.0 Å². The maximum atomic E-state index is 12.7. The minimum Gasteiger partial charge on any atom is -0.457 e. The zero-order valence-corrected chi connectivity index (χ0v) is 17.7. The third-order valence-electron chi connectivity index (χ3n) is 4.40. The number of thioether (sulfide) groups is 1. The molecule has 0 radical (unpaired) electrons. The van der Waals surface area contributed by atoms with E-state index in [1.54, 1.807) is 24.3 Å². The first-order valence-electron chi connectivity index (χ1n) is 8.76. The molecule has 0 N–H and O–H groups in total. The molecule has 1 aromatic heterocycles. The normalized spacial score (nSPS) is 15.2. The molecule has 150 valence electrons. The van der Waals surface area contributed by atoms with Crippen molar-refractivity contribution >= 4 is 50.6 Å². The van der Waals surface area contributed by atoms with Crippen molar-refractivity contribution in [3.05, 3.63) is 91.5 Å². The average Bonchev–Trinajstić information content (AvgIpc) is 3.30. The summed E-state index contributed by atoms with van der Waals surface area (Å²) in [4.78, 5) is 37.0. The molecule has 0 aliphatic carbocycles. The van der Waals surface area contributed by atoms with Gasteiger partial charge >= 0.3 is 0 Å². The van der Waals surface area contributed by atoms with Gasteiger partial charge in [-0.05, 0) is 35.5 Å². The van der Waals surface area contributed by atoms with Crippen molar-refractivity contribution in [2.45, 2.75) is 6.54 Å². The Hall–Kier alpha value is -3.17. The summed E-state index contributed by atoms with van der Waals surface area (Å²) in [6, 6.07) is 16.8. The third-order valence-corrected chi connectivity index (χ3v) is 6.08. The fourth-order valence-corrected chi connectivity index (χ4v) is 4.15. The van der Waals surface area contributed by atoms with Crippen molar-refractivity contribution in [1.29, 1.82) is 0 Å². The molecule has 7 nitrogen and oxygen atoms in total. The second kappa shape index (κ2) is 8.29. The van der Waals surface area contributed by atoms with Gasteiger partial charge in [0.1, 0.15) is 11.5 Å². The predicted octanol–water partition coefficient (Wildman–Crippen LogP) is 5.85. The van der Waals surface area contributed by atoms with Gasteiger partial charge in [0.15, 0.2) is 0 Å². The van der Waals surface area contributed by atoms with Crippen LogP contribution in [0.1, 0.15) is 11.3 Å². The van der Waals surface area contributed by atoms with Gasteiger partial charge < -0.3 is 4.42 Å². The van der Waals surface area contributed by atoms with Crippen LogP contribution < -0.4 is 0 Å². The van der Waals surface area contributed by atoms with Gasteiger partial charge in [0.05, 0.1) is 16.4 Å². The molecule has 2 aromatic carbocycles. The quantitative estimate of drug-likeness (QED) is 0.256. The topological polar surface area (TPSA) is 93.7 Å². The number of furan rings is 1. The first-order valence-corrected chi connectivity index (χ1v) is 10.4. The first-order chi connectivity index (χ1) is 14.4. The lowest BCUT2D eigenvalue weighted by molar-refractivity contribution is -0.384. The van der Waals surface area contributed by atoms with Gasteiger partial charge in [-0.15, -0.1) is 0 Å². The Kier molecular flexibility index (Phi) is 5.56. The SMILES string of the molecule is O=C1S/C(=C/c2ccc(-c3cccc([N+](=O)[O-])c3)o2)C(=O)N1Cc1ccccc1Br. The van der Waals surface area contributed by atoms with E-state index in [4.69, 9.17) is 4.42 Å². The number of benzene rings is 2. The van der Waals surface area contributed by atoms with Crippen molar-refractivity contribution in [2.24, 2.45) is 0 Å². The van der Waals surface area contributed by atoms with Crippen LogP contribution in [-0.2, 0) is 11.3 Å². The van der Waals surface area contributed by atoms with Crippen molar-refractivity contribution < 1.29 is 18.9 Å². The summed E-state index contributed by atoms with van der Waals surface area (Å²) in [5, 5.41) is 10.6. The number of nitrogens with zero attached hydrogens (tertiary/aromatic N) is 2. The Morgan fingerprint density at radius 3 is 2.67 bits per heavy atom. The molecule has 1 aliphatic heterocycles. The number of carbonyl (C=O) groups is 2. The molecule has 1 aliphatic rings. The minimum absolute atomic E-state index is 0.0429. The highest BCUT2D eigenvalue weighted by Gasteiger charge is 2.35. The molecule has 3 aromatic rings. The van der Waals surface area contributed by atoms with Crippen LogP contribution in [0.3, 0.4) is 0 Å². The molecule has 2 amide bonds. The number of hydrogen-bond donors (Lipinski definition) is 0. The Morgan fingerprint density at radius 1 is 1.10 bits per heavy atom. The average molecular weight is 485 g/mol. The monoisotopic (exact) mass is 484 g/mol. The number of nitro benzene ring substituents is 1. The number of hydrogen-bond acceptors (Lipinski definition) is 6. The summed E-state index contributed by atoms with van der Waals surface area (Å²) in [6.07, 6.45) is 1.51. The molecule has 0 atom stereocenters.